The second-order valence-corrected chi connectivity index (χ2v) is 10.2. The second kappa shape index (κ2) is 11.4. The molecule has 7 nitrogen and oxygen atoms in total. The summed E-state index contributed by atoms with van der Waals surface area (Å²) in [6.45, 7) is 3.49. The summed E-state index contributed by atoms with van der Waals surface area (Å²) < 4.78 is 40.2. The maximum absolute atomic E-state index is 13.7. The molecule has 0 radical (unpaired) electrons. The number of nitrogens with zero attached hydrogens (tertiary/aromatic N) is 2. The van der Waals surface area contributed by atoms with E-state index in [0.29, 0.717) is 6.54 Å². The minimum absolute atomic E-state index is 0.0337. The van der Waals surface area contributed by atoms with Gasteiger partial charge in [0.2, 0.25) is 21.8 Å². The summed E-state index contributed by atoms with van der Waals surface area (Å²) >= 11 is 3.39. The Balaban J connectivity index is 2.37. The van der Waals surface area contributed by atoms with Crippen molar-refractivity contribution in [3.8, 4) is 0 Å². The average molecular weight is 528 g/mol. The van der Waals surface area contributed by atoms with Crippen molar-refractivity contribution < 1.29 is 22.4 Å². The summed E-state index contributed by atoms with van der Waals surface area (Å²) in [4.78, 5) is 27.2. The number of sulfonamides is 1. The Hall–Kier alpha value is -2.46. The zero-order valence-corrected chi connectivity index (χ0v) is 20.6. The highest BCUT2D eigenvalue weighted by molar-refractivity contribution is 9.10. The summed E-state index contributed by atoms with van der Waals surface area (Å²) in [6.07, 6.45) is 1.68. The van der Waals surface area contributed by atoms with Crippen molar-refractivity contribution in [1.29, 1.82) is 0 Å². The molecule has 2 aromatic rings. The van der Waals surface area contributed by atoms with E-state index < -0.39 is 34.3 Å². The van der Waals surface area contributed by atoms with E-state index in [-0.39, 0.29) is 18.1 Å². The molecule has 0 aliphatic rings. The van der Waals surface area contributed by atoms with Crippen LogP contribution in [0.15, 0.2) is 53.0 Å². The molecule has 0 fully saturated rings. The van der Waals surface area contributed by atoms with E-state index in [9.17, 15) is 22.4 Å². The van der Waals surface area contributed by atoms with Crippen molar-refractivity contribution in [3.05, 3.63) is 64.4 Å². The second-order valence-electron chi connectivity index (χ2n) is 7.37. The summed E-state index contributed by atoms with van der Waals surface area (Å²) in [7, 11) is -3.89. The van der Waals surface area contributed by atoms with E-state index in [4.69, 9.17) is 0 Å². The fourth-order valence-electron chi connectivity index (χ4n) is 3.06. The van der Waals surface area contributed by atoms with Gasteiger partial charge in [-0.3, -0.25) is 13.9 Å². The predicted octanol–water partition coefficient (Wildman–Crippen LogP) is 3.30. The van der Waals surface area contributed by atoms with Crippen LogP contribution in [0.25, 0.3) is 0 Å². The Kier molecular flexibility index (Phi) is 9.21. The first-order chi connectivity index (χ1) is 15.0. The third-order valence-corrected chi connectivity index (χ3v) is 6.37. The standard InChI is InChI=1S/C22H27BrFN3O4S/c1-4-11-25-22(29)16(2)26(14-17-7-5-8-18(23)12-17)21(28)15-27(32(3,30)31)20-10-6-9-19(24)13-20/h5-10,12-13,16H,4,11,14-15H2,1-3H3,(H,25,29). The van der Waals surface area contributed by atoms with Gasteiger partial charge in [-0.15, -0.1) is 0 Å². The lowest BCUT2D eigenvalue weighted by Gasteiger charge is -2.31. The first-order valence-electron chi connectivity index (χ1n) is 10.1. The highest BCUT2D eigenvalue weighted by Gasteiger charge is 2.30. The van der Waals surface area contributed by atoms with Crippen molar-refractivity contribution >= 4 is 43.5 Å². The summed E-state index contributed by atoms with van der Waals surface area (Å²) in [5.41, 5.74) is 0.797. The van der Waals surface area contributed by atoms with Gasteiger partial charge in [0.1, 0.15) is 18.4 Å². The summed E-state index contributed by atoms with van der Waals surface area (Å²) in [5.74, 6) is -1.55. The molecule has 0 bridgehead atoms. The molecule has 0 spiro atoms. The lowest BCUT2D eigenvalue weighted by Crippen LogP contribution is -2.51. The van der Waals surface area contributed by atoms with E-state index in [0.717, 1.165) is 33.1 Å². The Labute approximate surface area is 196 Å². The highest BCUT2D eigenvalue weighted by atomic mass is 79.9. The van der Waals surface area contributed by atoms with Crippen LogP contribution in [0.4, 0.5) is 10.1 Å². The SMILES string of the molecule is CCCNC(=O)C(C)N(Cc1cccc(Br)c1)C(=O)CN(c1cccc(F)c1)S(C)(=O)=O. The normalized spacial score (nSPS) is 12.2. The Morgan fingerprint density at radius 3 is 2.44 bits per heavy atom. The van der Waals surface area contributed by atoms with Gasteiger partial charge in [-0.1, -0.05) is 41.1 Å². The Bertz CT molecular complexity index is 1060. The maximum Gasteiger partial charge on any atom is 0.244 e. The number of nitrogens with one attached hydrogen (secondary N) is 1. The molecule has 0 saturated carbocycles. The van der Waals surface area contributed by atoms with Crippen LogP contribution in [0.3, 0.4) is 0 Å². The van der Waals surface area contributed by atoms with E-state index >= 15 is 0 Å². The molecule has 0 aromatic heterocycles. The van der Waals surface area contributed by atoms with Crippen molar-refractivity contribution in [2.45, 2.75) is 32.9 Å². The third-order valence-electron chi connectivity index (χ3n) is 4.73. The maximum atomic E-state index is 13.7. The first kappa shape index (κ1) is 25.8. The van der Waals surface area contributed by atoms with Crippen molar-refractivity contribution in [3.63, 3.8) is 0 Å². The summed E-state index contributed by atoms with van der Waals surface area (Å²) in [6, 6.07) is 11.4. The van der Waals surface area contributed by atoms with Crippen LogP contribution >= 0.6 is 15.9 Å². The molecule has 10 heteroatoms. The van der Waals surface area contributed by atoms with Crippen LogP contribution in [0, 0.1) is 5.82 Å². The number of carbonyl (C=O) groups is 2. The molecule has 2 aromatic carbocycles. The fourth-order valence-corrected chi connectivity index (χ4v) is 4.34. The van der Waals surface area contributed by atoms with Crippen molar-refractivity contribution in [1.82, 2.24) is 10.2 Å². The number of hydrogen-bond donors (Lipinski definition) is 1. The van der Waals surface area contributed by atoms with Gasteiger partial charge in [0, 0.05) is 17.6 Å². The molecule has 174 valence electrons. The number of benzene rings is 2. The zero-order chi connectivity index (χ0) is 23.9. The van der Waals surface area contributed by atoms with Crippen LogP contribution in [0.2, 0.25) is 0 Å². The lowest BCUT2D eigenvalue weighted by atomic mass is 10.1. The van der Waals surface area contributed by atoms with Gasteiger partial charge >= 0.3 is 0 Å². The van der Waals surface area contributed by atoms with E-state index in [1.54, 1.807) is 13.0 Å². The molecule has 0 saturated heterocycles. The Morgan fingerprint density at radius 1 is 1.16 bits per heavy atom. The number of halogens is 2. The molecule has 2 amide bonds. The van der Waals surface area contributed by atoms with Crippen LogP contribution < -0.4 is 9.62 Å². The minimum atomic E-state index is -3.89. The average Bonchev–Trinajstić information content (AvgIpc) is 2.72. The van der Waals surface area contributed by atoms with Crippen LogP contribution in [-0.2, 0) is 26.2 Å². The smallest absolute Gasteiger partial charge is 0.244 e. The lowest BCUT2D eigenvalue weighted by molar-refractivity contribution is -0.139. The molecule has 2 rings (SSSR count). The molecular weight excluding hydrogens is 501 g/mol. The molecule has 1 N–H and O–H groups in total. The van der Waals surface area contributed by atoms with Crippen LogP contribution in [0.1, 0.15) is 25.8 Å². The number of amides is 2. The van der Waals surface area contributed by atoms with Gasteiger partial charge in [-0.05, 0) is 49.2 Å². The van der Waals surface area contributed by atoms with Crippen LogP contribution in [-0.4, -0.2) is 50.5 Å². The van der Waals surface area contributed by atoms with Gasteiger partial charge in [-0.2, -0.15) is 0 Å². The van der Waals surface area contributed by atoms with Crippen LogP contribution in [0.5, 0.6) is 0 Å². The van der Waals surface area contributed by atoms with Gasteiger partial charge < -0.3 is 10.2 Å². The number of carbonyl (C=O) groups excluding carboxylic acids is 2. The van der Waals surface area contributed by atoms with E-state index in [1.807, 2.05) is 25.1 Å². The largest absolute Gasteiger partial charge is 0.354 e. The molecular formula is C22H27BrFN3O4S. The molecule has 1 atom stereocenters. The van der Waals surface area contributed by atoms with Gasteiger partial charge in [0.15, 0.2) is 0 Å². The minimum Gasteiger partial charge on any atom is -0.354 e. The van der Waals surface area contributed by atoms with Gasteiger partial charge in [0.05, 0.1) is 11.9 Å². The van der Waals surface area contributed by atoms with Gasteiger partial charge in [-0.25, -0.2) is 12.8 Å². The third kappa shape index (κ3) is 7.30. The molecule has 0 aliphatic heterocycles. The topological polar surface area (TPSA) is 86.8 Å². The van der Waals surface area contributed by atoms with E-state index in [2.05, 4.69) is 21.2 Å². The van der Waals surface area contributed by atoms with Crippen molar-refractivity contribution in [2.75, 3.05) is 23.7 Å². The summed E-state index contributed by atoms with van der Waals surface area (Å²) in [5, 5.41) is 2.76. The van der Waals surface area contributed by atoms with E-state index in [1.165, 1.54) is 23.1 Å². The number of hydrogen-bond acceptors (Lipinski definition) is 4. The fraction of sp³-hybridized carbons (Fsp3) is 0.364. The molecule has 0 aliphatic carbocycles. The first-order valence-corrected chi connectivity index (χ1v) is 12.7. The number of rotatable bonds is 10. The monoisotopic (exact) mass is 527 g/mol. The highest BCUT2D eigenvalue weighted by Crippen LogP contribution is 2.20. The quantitative estimate of drug-likeness (QED) is 0.513. The molecule has 1 unspecified atom stereocenters. The zero-order valence-electron chi connectivity index (χ0n) is 18.2. The van der Waals surface area contributed by atoms with Gasteiger partial charge in [0.25, 0.3) is 0 Å². The molecule has 0 heterocycles. The number of anilines is 1. The predicted molar refractivity (Wildman–Crippen MR) is 126 cm³/mol. The molecule has 32 heavy (non-hydrogen) atoms. The van der Waals surface area contributed by atoms with Crippen molar-refractivity contribution in [2.24, 2.45) is 0 Å². The Morgan fingerprint density at radius 2 is 1.84 bits per heavy atom.